The van der Waals surface area contributed by atoms with Crippen LogP contribution in [0.5, 0.6) is 5.75 Å². The molecule has 1 aromatic rings. The van der Waals surface area contributed by atoms with E-state index in [0.717, 1.165) is 0 Å². The molecule has 1 atom stereocenters. The number of hydrogen-bond acceptors (Lipinski definition) is 2. The summed E-state index contributed by atoms with van der Waals surface area (Å²) in [7, 11) is -1.46. The van der Waals surface area contributed by atoms with Crippen LogP contribution in [0.4, 0.5) is 13.2 Å². The summed E-state index contributed by atoms with van der Waals surface area (Å²) in [5.74, 6) is -0.335. The molecular weight excluding hydrogens is 279 g/mol. The second-order valence-electron chi connectivity index (χ2n) is 4.72. The Bertz CT molecular complexity index is 492. The molecule has 0 bridgehead atoms. The Balaban J connectivity index is 2.84. The molecule has 0 aliphatic heterocycles. The van der Waals surface area contributed by atoms with E-state index in [-0.39, 0.29) is 5.75 Å². The summed E-state index contributed by atoms with van der Waals surface area (Å²) in [6.45, 7) is 5.26. The Morgan fingerprint density at radius 3 is 2.42 bits per heavy atom. The number of benzene rings is 1. The van der Waals surface area contributed by atoms with E-state index in [4.69, 9.17) is 0 Å². The van der Waals surface area contributed by atoms with Crippen LogP contribution in [0.1, 0.15) is 26.3 Å². The third kappa shape index (κ3) is 5.87. The van der Waals surface area contributed by atoms with Gasteiger partial charge in [0.15, 0.2) is 0 Å². The van der Waals surface area contributed by atoms with Crippen LogP contribution in [0.15, 0.2) is 28.7 Å². The van der Waals surface area contributed by atoms with Crippen molar-refractivity contribution in [3.05, 3.63) is 29.8 Å². The zero-order chi connectivity index (χ0) is 14.7. The second-order valence-corrected chi connectivity index (χ2v) is 6.65. The van der Waals surface area contributed by atoms with Gasteiger partial charge in [-0.05, 0) is 38.5 Å². The van der Waals surface area contributed by atoms with Crippen molar-refractivity contribution in [1.29, 1.82) is 0 Å². The van der Waals surface area contributed by atoms with Gasteiger partial charge in [0.1, 0.15) is 16.7 Å². The first-order chi connectivity index (χ1) is 8.58. The van der Waals surface area contributed by atoms with Gasteiger partial charge in [-0.15, -0.1) is 13.2 Å². The Kier molecular flexibility index (Phi) is 4.73. The fourth-order valence-electron chi connectivity index (χ4n) is 1.06. The summed E-state index contributed by atoms with van der Waals surface area (Å²) >= 11 is 0. The Morgan fingerprint density at radius 2 is 1.89 bits per heavy atom. The molecule has 0 saturated carbocycles. The quantitative estimate of drug-likeness (QED) is 0.800. The standard InChI is InChI=1S/C12H14F3NO2S/c1-11(2,3)19(17)16-8-9-5-4-6-10(7-9)18-12(13,14)15/h4-8H,1-3H3/b16-8+/t19-/m1/s1. The topological polar surface area (TPSA) is 38.7 Å². The molecule has 1 aromatic carbocycles. The fourth-order valence-corrected chi connectivity index (χ4v) is 1.59. The fraction of sp³-hybridized carbons (Fsp3) is 0.417. The van der Waals surface area contributed by atoms with E-state index in [1.165, 1.54) is 24.4 Å². The van der Waals surface area contributed by atoms with E-state index in [1.807, 2.05) is 0 Å². The van der Waals surface area contributed by atoms with Gasteiger partial charge in [-0.1, -0.05) is 12.1 Å². The SMILES string of the molecule is CC(C)(C)[S@@](=O)/N=C/c1cccc(OC(F)(F)F)c1. The minimum Gasteiger partial charge on any atom is -0.406 e. The molecule has 1 rings (SSSR count). The first-order valence-electron chi connectivity index (χ1n) is 5.40. The molecule has 0 heterocycles. The van der Waals surface area contributed by atoms with Crippen LogP contribution in [-0.4, -0.2) is 21.5 Å². The second kappa shape index (κ2) is 5.73. The minimum absolute atomic E-state index is 0.335. The highest BCUT2D eigenvalue weighted by Gasteiger charge is 2.31. The molecule has 0 amide bonds. The Morgan fingerprint density at radius 1 is 1.26 bits per heavy atom. The molecule has 0 spiro atoms. The van der Waals surface area contributed by atoms with Crippen LogP contribution in [0, 0.1) is 0 Å². The molecule has 0 fully saturated rings. The lowest BCUT2D eigenvalue weighted by Crippen LogP contribution is -2.19. The normalized spacial score (nSPS) is 14.6. The summed E-state index contributed by atoms with van der Waals surface area (Å²) in [6.07, 6.45) is -3.46. The van der Waals surface area contributed by atoms with E-state index < -0.39 is 22.1 Å². The number of hydrogen-bond donors (Lipinski definition) is 0. The molecule has 19 heavy (non-hydrogen) atoms. The highest BCUT2D eigenvalue weighted by atomic mass is 32.2. The molecule has 0 N–H and O–H groups in total. The molecule has 0 unspecified atom stereocenters. The van der Waals surface area contributed by atoms with E-state index in [9.17, 15) is 17.4 Å². The van der Waals surface area contributed by atoms with Crippen LogP contribution in [-0.2, 0) is 11.0 Å². The molecule has 106 valence electrons. The monoisotopic (exact) mass is 293 g/mol. The summed E-state index contributed by atoms with van der Waals surface area (Å²) in [5, 5.41) is 0. The third-order valence-corrected chi connectivity index (χ3v) is 3.26. The highest BCUT2D eigenvalue weighted by Crippen LogP contribution is 2.23. The zero-order valence-corrected chi connectivity index (χ0v) is 11.5. The lowest BCUT2D eigenvalue weighted by Gasteiger charge is -2.12. The summed E-state index contributed by atoms with van der Waals surface area (Å²) < 4.78 is 54.8. The first-order valence-corrected chi connectivity index (χ1v) is 6.50. The van der Waals surface area contributed by atoms with E-state index >= 15 is 0 Å². The van der Waals surface area contributed by atoms with Crippen molar-refractivity contribution in [2.75, 3.05) is 0 Å². The third-order valence-electron chi connectivity index (χ3n) is 1.91. The van der Waals surface area contributed by atoms with Gasteiger partial charge in [0, 0.05) is 6.21 Å². The number of rotatable bonds is 3. The Labute approximate surface area is 112 Å². The van der Waals surface area contributed by atoms with E-state index in [1.54, 1.807) is 26.8 Å². The average Bonchev–Trinajstić information content (AvgIpc) is 2.22. The van der Waals surface area contributed by atoms with E-state index in [0.29, 0.717) is 5.56 Å². The predicted octanol–water partition coefficient (Wildman–Crippen LogP) is 3.47. The molecular formula is C12H14F3NO2S. The largest absolute Gasteiger partial charge is 0.573 e. The van der Waals surface area contributed by atoms with Crippen LogP contribution < -0.4 is 4.74 Å². The van der Waals surface area contributed by atoms with Crippen molar-refractivity contribution in [2.45, 2.75) is 31.9 Å². The maximum Gasteiger partial charge on any atom is 0.573 e. The maximum absolute atomic E-state index is 12.0. The van der Waals surface area contributed by atoms with Gasteiger partial charge in [0.25, 0.3) is 0 Å². The minimum atomic E-state index is -4.73. The number of alkyl halides is 3. The number of ether oxygens (including phenoxy) is 1. The summed E-state index contributed by atoms with van der Waals surface area (Å²) in [4.78, 5) is 0. The van der Waals surface area contributed by atoms with Gasteiger partial charge in [-0.2, -0.15) is 4.40 Å². The predicted molar refractivity (Wildman–Crippen MR) is 68.6 cm³/mol. The molecule has 0 aliphatic rings. The van der Waals surface area contributed by atoms with Crippen molar-refractivity contribution in [3.63, 3.8) is 0 Å². The molecule has 0 aliphatic carbocycles. The molecule has 7 heteroatoms. The van der Waals surface area contributed by atoms with Crippen molar-refractivity contribution in [1.82, 2.24) is 0 Å². The first kappa shape index (κ1) is 15.7. The van der Waals surface area contributed by atoms with E-state index in [2.05, 4.69) is 9.13 Å². The van der Waals surface area contributed by atoms with Gasteiger partial charge < -0.3 is 4.74 Å². The van der Waals surface area contributed by atoms with Crippen LogP contribution in [0.2, 0.25) is 0 Å². The van der Waals surface area contributed by atoms with Gasteiger partial charge in [-0.3, -0.25) is 0 Å². The number of halogens is 3. The molecule has 0 saturated heterocycles. The van der Waals surface area contributed by atoms with Gasteiger partial charge in [0.05, 0.1) is 4.75 Å². The smallest absolute Gasteiger partial charge is 0.406 e. The molecule has 3 nitrogen and oxygen atoms in total. The lowest BCUT2D eigenvalue weighted by molar-refractivity contribution is -0.274. The molecule has 0 aromatic heterocycles. The van der Waals surface area contributed by atoms with Crippen molar-refractivity contribution < 1.29 is 22.1 Å². The average molecular weight is 293 g/mol. The molecule has 0 radical (unpaired) electrons. The summed E-state index contributed by atoms with van der Waals surface area (Å²) in [6, 6.07) is 5.32. The van der Waals surface area contributed by atoms with Crippen molar-refractivity contribution in [3.8, 4) is 5.75 Å². The van der Waals surface area contributed by atoms with Crippen molar-refractivity contribution in [2.24, 2.45) is 4.40 Å². The lowest BCUT2D eigenvalue weighted by atomic mass is 10.2. The van der Waals surface area contributed by atoms with Crippen molar-refractivity contribution >= 4 is 17.2 Å². The zero-order valence-electron chi connectivity index (χ0n) is 10.7. The van der Waals surface area contributed by atoms with Gasteiger partial charge >= 0.3 is 6.36 Å². The maximum atomic E-state index is 12.0. The van der Waals surface area contributed by atoms with Crippen LogP contribution in [0.25, 0.3) is 0 Å². The van der Waals surface area contributed by atoms with Crippen LogP contribution in [0.3, 0.4) is 0 Å². The highest BCUT2D eigenvalue weighted by molar-refractivity contribution is 7.85. The van der Waals surface area contributed by atoms with Crippen LogP contribution >= 0.6 is 0 Å². The summed E-state index contributed by atoms with van der Waals surface area (Å²) in [5.41, 5.74) is 0.388. The Hall–Kier alpha value is -1.37. The van der Waals surface area contributed by atoms with Gasteiger partial charge in [-0.25, -0.2) is 4.21 Å². The number of nitrogens with zero attached hydrogens (tertiary/aromatic N) is 1. The van der Waals surface area contributed by atoms with Gasteiger partial charge in [0.2, 0.25) is 0 Å².